The van der Waals surface area contributed by atoms with Crippen LogP contribution in [0.1, 0.15) is 42.5 Å². The molecule has 2 fully saturated rings. The summed E-state index contributed by atoms with van der Waals surface area (Å²) in [6, 6.07) is 22.0. The van der Waals surface area contributed by atoms with Gasteiger partial charge in [-0.05, 0) is 78.3 Å². The van der Waals surface area contributed by atoms with E-state index in [2.05, 4.69) is 41.0 Å². The Kier molecular flexibility index (Phi) is 6.90. The third kappa shape index (κ3) is 4.98. The Morgan fingerprint density at radius 1 is 0.829 bits per heavy atom. The van der Waals surface area contributed by atoms with Gasteiger partial charge in [-0.25, -0.2) is 8.78 Å². The monoisotopic (exact) mass is 476 g/mol. The highest BCUT2D eigenvalue weighted by molar-refractivity contribution is 5.33. The van der Waals surface area contributed by atoms with Gasteiger partial charge in [0.2, 0.25) is 0 Å². The van der Waals surface area contributed by atoms with Crippen molar-refractivity contribution in [3.63, 3.8) is 0 Å². The van der Waals surface area contributed by atoms with Crippen LogP contribution in [0.4, 0.5) is 8.78 Å². The Hall–Kier alpha value is -2.76. The zero-order valence-electron chi connectivity index (χ0n) is 20.6. The molecule has 1 aliphatic heterocycles. The Labute approximate surface area is 207 Å². The van der Waals surface area contributed by atoms with Crippen LogP contribution < -0.4 is 4.74 Å². The van der Waals surface area contributed by atoms with Crippen molar-refractivity contribution in [1.29, 1.82) is 0 Å². The molecule has 0 spiro atoms. The van der Waals surface area contributed by atoms with Crippen LogP contribution in [-0.4, -0.2) is 48.6 Å². The summed E-state index contributed by atoms with van der Waals surface area (Å²) < 4.78 is 32.6. The Balaban J connectivity index is 1.28. The number of piperazine rings is 1. The van der Waals surface area contributed by atoms with Crippen molar-refractivity contribution in [3.05, 3.63) is 101 Å². The first kappa shape index (κ1) is 24.0. The first-order valence-electron chi connectivity index (χ1n) is 12.7. The maximum Gasteiger partial charge on any atom is 0.123 e. The normalized spacial score (nSPS) is 22.9. The Bertz CT molecular complexity index is 1060. The summed E-state index contributed by atoms with van der Waals surface area (Å²) in [4.78, 5) is 5.16. The molecule has 0 N–H and O–H groups in total. The average molecular weight is 477 g/mol. The fraction of sp³-hybridized carbons (Fsp3) is 0.400. The van der Waals surface area contributed by atoms with Gasteiger partial charge in [0.1, 0.15) is 17.4 Å². The van der Waals surface area contributed by atoms with Gasteiger partial charge in [0.05, 0.1) is 13.2 Å². The summed E-state index contributed by atoms with van der Waals surface area (Å²) in [5.41, 5.74) is 3.74. The lowest BCUT2D eigenvalue weighted by molar-refractivity contribution is 0.0603. The van der Waals surface area contributed by atoms with Gasteiger partial charge >= 0.3 is 0 Å². The molecule has 0 aromatic heterocycles. The van der Waals surface area contributed by atoms with Crippen LogP contribution in [0.3, 0.4) is 0 Å². The van der Waals surface area contributed by atoms with Crippen molar-refractivity contribution in [2.45, 2.75) is 37.8 Å². The molecule has 3 aromatic rings. The number of hydrogen-bond acceptors (Lipinski definition) is 3. The molecule has 1 heterocycles. The average Bonchev–Trinajstić information content (AvgIpc) is 3.61. The van der Waals surface area contributed by atoms with E-state index in [0.29, 0.717) is 5.92 Å². The summed E-state index contributed by atoms with van der Waals surface area (Å²) in [5.74, 6) is 1.10. The topological polar surface area (TPSA) is 15.7 Å². The van der Waals surface area contributed by atoms with E-state index in [1.54, 1.807) is 7.11 Å². The predicted molar refractivity (Wildman–Crippen MR) is 136 cm³/mol. The number of methoxy groups -OCH3 is 1. The quantitative estimate of drug-likeness (QED) is 0.391. The minimum atomic E-state index is -0.238. The third-order valence-electron chi connectivity index (χ3n) is 8.13. The van der Waals surface area contributed by atoms with Gasteiger partial charge in [0.25, 0.3) is 0 Å². The SMILES string of the molecule is CC[C@]1(N2CCN(C(c3ccc(F)cc3)c3ccc(F)cc3)CC2)C[C@H]1Cc1ccc(OC)cc1. The largest absolute Gasteiger partial charge is 0.497 e. The van der Waals surface area contributed by atoms with E-state index >= 15 is 0 Å². The standard InChI is InChI=1S/C30H34F2N2O/c1-3-30(21-25(30)20-22-4-14-28(35-2)15-5-22)34-18-16-33(17-19-34)29(23-6-10-26(31)11-7-23)24-8-12-27(32)13-9-24/h4-15,25,29H,3,16-21H2,1-2H3/t25-,30+/m1/s1. The molecular weight excluding hydrogens is 442 g/mol. The Morgan fingerprint density at radius 2 is 1.37 bits per heavy atom. The van der Waals surface area contributed by atoms with E-state index in [-0.39, 0.29) is 23.2 Å². The molecule has 1 saturated carbocycles. The van der Waals surface area contributed by atoms with Gasteiger partial charge in [-0.15, -0.1) is 0 Å². The summed E-state index contributed by atoms with van der Waals surface area (Å²) in [6.45, 7) is 6.19. The lowest BCUT2D eigenvalue weighted by atomic mass is 9.95. The molecular formula is C30H34F2N2O. The molecule has 5 rings (SSSR count). The molecule has 1 saturated heterocycles. The maximum atomic E-state index is 13.6. The van der Waals surface area contributed by atoms with E-state index in [1.165, 1.54) is 36.2 Å². The van der Waals surface area contributed by atoms with Gasteiger partial charge in [-0.3, -0.25) is 9.80 Å². The summed E-state index contributed by atoms with van der Waals surface area (Å²) >= 11 is 0. The van der Waals surface area contributed by atoms with Crippen LogP contribution in [-0.2, 0) is 6.42 Å². The molecule has 3 nitrogen and oxygen atoms in total. The van der Waals surface area contributed by atoms with Gasteiger partial charge in [-0.2, -0.15) is 0 Å². The summed E-state index contributed by atoms with van der Waals surface area (Å²) in [6.07, 6.45) is 3.51. The van der Waals surface area contributed by atoms with E-state index in [9.17, 15) is 8.78 Å². The van der Waals surface area contributed by atoms with Gasteiger partial charge in [0, 0.05) is 31.7 Å². The summed E-state index contributed by atoms with van der Waals surface area (Å²) in [5, 5.41) is 0. The van der Waals surface area contributed by atoms with Gasteiger partial charge in [-0.1, -0.05) is 43.3 Å². The number of rotatable bonds is 8. The second-order valence-corrected chi connectivity index (χ2v) is 9.94. The first-order chi connectivity index (χ1) is 17.0. The predicted octanol–water partition coefficient (Wildman–Crippen LogP) is 6.09. The number of halogens is 2. The van der Waals surface area contributed by atoms with Crippen LogP contribution in [0.2, 0.25) is 0 Å². The summed E-state index contributed by atoms with van der Waals surface area (Å²) in [7, 11) is 1.70. The van der Waals surface area contributed by atoms with Crippen molar-refractivity contribution in [3.8, 4) is 5.75 Å². The molecule has 5 heteroatoms. The minimum Gasteiger partial charge on any atom is -0.497 e. The number of hydrogen-bond donors (Lipinski definition) is 0. The van der Waals surface area contributed by atoms with E-state index in [4.69, 9.17) is 4.74 Å². The fourth-order valence-corrected chi connectivity index (χ4v) is 6.05. The minimum absolute atomic E-state index is 0.00905. The fourth-order valence-electron chi connectivity index (χ4n) is 6.05. The van der Waals surface area contributed by atoms with Crippen molar-refractivity contribution >= 4 is 0 Å². The molecule has 0 bridgehead atoms. The second kappa shape index (κ2) is 10.1. The third-order valence-corrected chi connectivity index (χ3v) is 8.13. The van der Waals surface area contributed by atoms with Crippen LogP contribution in [0, 0.1) is 17.6 Å². The molecule has 0 unspecified atom stereocenters. The zero-order chi connectivity index (χ0) is 24.4. The van der Waals surface area contributed by atoms with Gasteiger partial charge < -0.3 is 4.74 Å². The lowest BCUT2D eigenvalue weighted by Gasteiger charge is -2.43. The Morgan fingerprint density at radius 3 is 1.86 bits per heavy atom. The molecule has 1 aliphatic carbocycles. The van der Waals surface area contributed by atoms with Crippen molar-refractivity contribution in [2.24, 2.45) is 5.92 Å². The van der Waals surface area contributed by atoms with E-state index in [1.807, 2.05) is 24.3 Å². The van der Waals surface area contributed by atoms with Crippen LogP contribution in [0.25, 0.3) is 0 Å². The van der Waals surface area contributed by atoms with Crippen LogP contribution >= 0.6 is 0 Å². The van der Waals surface area contributed by atoms with E-state index in [0.717, 1.165) is 55.9 Å². The van der Waals surface area contributed by atoms with Crippen LogP contribution in [0.15, 0.2) is 72.8 Å². The van der Waals surface area contributed by atoms with Gasteiger partial charge in [0.15, 0.2) is 0 Å². The number of benzene rings is 3. The highest BCUT2D eigenvalue weighted by atomic mass is 19.1. The second-order valence-electron chi connectivity index (χ2n) is 9.94. The molecule has 0 radical (unpaired) electrons. The number of nitrogens with zero attached hydrogens (tertiary/aromatic N) is 2. The molecule has 35 heavy (non-hydrogen) atoms. The highest BCUT2D eigenvalue weighted by Gasteiger charge is 2.56. The highest BCUT2D eigenvalue weighted by Crippen LogP contribution is 2.53. The first-order valence-corrected chi connectivity index (χ1v) is 12.7. The van der Waals surface area contributed by atoms with Crippen molar-refractivity contribution in [1.82, 2.24) is 9.80 Å². The lowest BCUT2D eigenvalue weighted by Crippen LogP contribution is -2.53. The van der Waals surface area contributed by atoms with Crippen LogP contribution in [0.5, 0.6) is 5.75 Å². The van der Waals surface area contributed by atoms with Crippen molar-refractivity contribution < 1.29 is 13.5 Å². The molecule has 3 aromatic carbocycles. The zero-order valence-corrected chi connectivity index (χ0v) is 20.6. The molecule has 2 aliphatic rings. The molecule has 2 atom stereocenters. The maximum absolute atomic E-state index is 13.6. The van der Waals surface area contributed by atoms with Crippen molar-refractivity contribution in [2.75, 3.05) is 33.3 Å². The molecule has 0 amide bonds. The number of ether oxygens (including phenoxy) is 1. The molecule has 184 valence electrons. The van der Waals surface area contributed by atoms with E-state index < -0.39 is 0 Å². The smallest absolute Gasteiger partial charge is 0.123 e.